The van der Waals surface area contributed by atoms with Gasteiger partial charge in [0.15, 0.2) is 5.82 Å². The van der Waals surface area contributed by atoms with Gasteiger partial charge in [0.1, 0.15) is 5.84 Å². The molecule has 0 bridgehead atoms. The highest BCUT2D eigenvalue weighted by molar-refractivity contribution is 5.90. The number of hydrogen-bond donors (Lipinski definition) is 0. The summed E-state index contributed by atoms with van der Waals surface area (Å²) in [6.07, 6.45) is 7.24. The highest BCUT2D eigenvalue weighted by atomic mass is 15.6. The number of tetrazole rings is 1. The fourth-order valence-electron chi connectivity index (χ4n) is 4.10. The molecule has 6 heteroatoms. The average Bonchev–Trinajstić information content (AvgIpc) is 3.30. The van der Waals surface area contributed by atoms with Gasteiger partial charge in [-0.1, -0.05) is 56.5 Å². The van der Waals surface area contributed by atoms with Crippen LogP contribution in [0.3, 0.4) is 0 Å². The third-order valence-electron chi connectivity index (χ3n) is 5.35. The summed E-state index contributed by atoms with van der Waals surface area (Å²) >= 11 is 0. The van der Waals surface area contributed by atoms with Crippen molar-refractivity contribution in [2.24, 2.45) is 4.99 Å². The molecule has 6 nitrogen and oxygen atoms in total. The van der Waals surface area contributed by atoms with Gasteiger partial charge < -0.3 is 0 Å². The van der Waals surface area contributed by atoms with E-state index < -0.39 is 0 Å². The zero-order valence-corrected chi connectivity index (χ0v) is 14.9. The molecule has 132 valence electrons. The minimum atomic E-state index is 0.332. The molecule has 1 fully saturated rings. The van der Waals surface area contributed by atoms with E-state index in [2.05, 4.69) is 51.6 Å². The Kier molecular flexibility index (Phi) is 4.88. The first kappa shape index (κ1) is 16.4. The molecule has 2 aliphatic heterocycles. The van der Waals surface area contributed by atoms with E-state index in [1.54, 1.807) is 0 Å². The molecule has 0 amide bonds. The number of unbranched alkanes of at least 4 members (excludes halogenated alkanes) is 2. The number of aromatic nitrogens is 4. The van der Waals surface area contributed by atoms with Crippen molar-refractivity contribution >= 4 is 5.84 Å². The summed E-state index contributed by atoms with van der Waals surface area (Å²) < 4.78 is 1.92. The number of fused-ring (bicyclic) bond motifs is 3. The Bertz CT molecular complexity index is 723. The summed E-state index contributed by atoms with van der Waals surface area (Å²) in [4.78, 5) is 7.57. The SMILES string of the molecule is CCCCCC1C(=NCc2ccccc2)n2nnnc2C2CCCN12. The highest BCUT2D eigenvalue weighted by Crippen LogP contribution is 2.37. The first-order valence-corrected chi connectivity index (χ1v) is 9.51. The van der Waals surface area contributed by atoms with Gasteiger partial charge in [-0.3, -0.25) is 9.89 Å². The van der Waals surface area contributed by atoms with Crippen LogP contribution < -0.4 is 0 Å². The van der Waals surface area contributed by atoms with Gasteiger partial charge in [-0.2, -0.15) is 4.68 Å². The molecular formula is C19H26N6. The molecule has 1 aromatic heterocycles. The molecule has 0 aliphatic carbocycles. The minimum absolute atomic E-state index is 0.332. The Morgan fingerprint density at radius 3 is 2.92 bits per heavy atom. The molecule has 0 saturated carbocycles. The fourth-order valence-corrected chi connectivity index (χ4v) is 4.10. The van der Waals surface area contributed by atoms with E-state index in [0.717, 1.165) is 31.0 Å². The summed E-state index contributed by atoms with van der Waals surface area (Å²) in [6.45, 7) is 4.06. The lowest BCUT2D eigenvalue weighted by Gasteiger charge is -2.37. The van der Waals surface area contributed by atoms with Gasteiger partial charge in [0.05, 0.1) is 18.6 Å². The van der Waals surface area contributed by atoms with E-state index >= 15 is 0 Å². The van der Waals surface area contributed by atoms with Crippen molar-refractivity contribution < 1.29 is 0 Å². The van der Waals surface area contributed by atoms with Gasteiger partial charge in [0.2, 0.25) is 0 Å². The van der Waals surface area contributed by atoms with Crippen LogP contribution in [0.1, 0.15) is 62.9 Å². The Morgan fingerprint density at radius 1 is 1.20 bits per heavy atom. The Labute approximate surface area is 148 Å². The second kappa shape index (κ2) is 7.44. The summed E-state index contributed by atoms with van der Waals surface area (Å²) in [5.41, 5.74) is 1.22. The molecule has 0 spiro atoms. The molecule has 0 N–H and O–H groups in total. The first-order valence-electron chi connectivity index (χ1n) is 9.51. The summed E-state index contributed by atoms with van der Waals surface area (Å²) in [7, 11) is 0. The topological polar surface area (TPSA) is 59.2 Å². The van der Waals surface area contributed by atoms with Crippen molar-refractivity contribution in [3.63, 3.8) is 0 Å². The molecular weight excluding hydrogens is 312 g/mol. The molecule has 2 aromatic rings. The largest absolute Gasteiger partial charge is 0.283 e. The highest BCUT2D eigenvalue weighted by Gasteiger charge is 2.42. The maximum atomic E-state index is 4.98. The van der Waals surface area contributed by atoms with Crippen LogP contribution in [-0.2, 0) is 6.54 Å². The monoisotopic (exact) mass is 338 g/mol. The van der Waals surface area contributed by atoms with E-state index in [1.165, 1.54) is 31.2 Å². The summed E-state index contributed by atoms with van der Waals surface area (Å²) in [5.74, 6) is 1.99. The second-order valence-corrected chi connectivity index (χ2v) is 7.02. The Balaban J connectivity index is 1.66. The number of nitrogens with zero attached hydrogens (tertiary/aromatic N) is 6. The van der Waals surface area contributed by atoms with Crippen LogP contribution >= 0.6 is 0 Å². The maximum Gasteiger partial charge on any atom is 0.175 e. The van der Waals surface area contributed by atoms with Gasteiger partial charge in [0.25, 0.3) is 0 Å². The van der Waals surface area contributed by atoms with Gasteiger partial charge in [-0.25, -0.2) is 0 Å². The third kappa shape index (κ3) is 3.23. The van der Waals surface area contributed by atoms with Crippen LogP contribution in [0.5, 0.6) is 0 Å². The van der Waals surface area contributed by atoms with Crippen molar-refractivity contribution in [2.75, 3.05) is 6.54 Å². The van der Waals surface area contributed by atoms with Crippen LogP contribution in [0, 0.1) is 0 Å². The lowest BCUT2D eigenvalue weighted by Crippen LogP contribution is -2.49. The standard InChI is InChI=1S/C19H26N6/c1-2-3-5-11-16-18(20-14-15-9-6-4-7-10-15)25-19(21-22-23-25)17-12-8-13-24(16)17/h4,6-7,9-10,16-17H,2-3,5,8,11-14H2,1H3. The molecule has 1 aromatic carbocycles. The molecule has 4 rings (SSSR count). The van der Waals surface area contributed by atoms with Crippen molar-refractivity contribution in [1.29, 1.82) is 0 Å². The van der Waals surface area contributed by atoms with Gasteiger partial charge in [-0.05, 0) is 41.8 Å². The van der Waals surface area contributed by atoms with Crippen LogP contribution in [0.2, 0.25) is 0 Å². The Morgan fingerprint density at radius 2 is 2.08 bits per heavy atom. The van der Waals surface area contributed by atoms with Crippen LogP contribution in [0.15, 0.2) is 35.3 Å². The van der Waals surface area contributed by atoms with Crippen molar-refractivity contribution in [1.82, 2.24) is 25.1 Å². The third-order valence-corrected chi connectivity index (χ3v) is 5.35. The van der Waals surface area contributed by atoms with Gasteiger partial charge >= 0.3 is 0 Å². The zero-order chi connectivity index (χ0) is 17.1. The lowest BCUT2D eigenvalue weighted by molar-refractivity contribution is 0.186. The minimum Gasteiger partial charge on any atom is -0.283 e. The summed E-state index contributed by atoms with van der Waals surface area (Å²) in [6, 6.07) is 11.1. The number of aliphatic imine (C=N–C) groups is 1. The van der Waals surface area contributed by atoms with Gasteiger partial charge in [0, 0.05) is 0 Å². The van der Waals surface area contributed by atoms with Crippen LogP contribution in [0.4, 0.5) is 0 Å². The zero-order valence-electron chi connectivity index (χ0n) is 14.9. The molecule has 2 atom stereocenters. The predicted octanol–water partition coefficient (Wildman–Crippen LogP) is 3.22. The van der Waals surface area contributed by atoms with Gasteiger partial charge in [-0.15, -0.1) is 5.10 Å². The molecule has 3 heterocycles. The van der Waals surface area contributed by atoms with E-state index in [0.29, 0.717) is 18.6 Å². The maximum absolute atomic E-state index is 4.98. The normalized spacial score (nSPS) is 24.4. The number of hydrogen-bond acceptors (Lipinski definition) is 5. The molecule has 25 heavy (non-hydrogen) atoms. The quantitative estimate of drug-likeness (QED) is 0.759. The van der Waals surface area contributed by atoms with Crippen molar-refractivity contribution in [3.05, 3.63) is 41.7 Å². The van der Waals surface area contributed by atoms with Crippen molar-refractivity contribution in [3.8, 4) is 0 Å². The fraction of sp³-hybridized carbons (Fsp3) is 0.579. The van der Waals surface area contributed by atoms with Crippen LogP contribution in [-0.4, -0.2) is 43.5 Å². The molecule has 2 aliphatic rings. The van der Waals surface area contributed by atoms with Crippen molar-refractivity contribution in [2.45, 2.75) is 64.1 Å². The predicted molar refractivity (Wildman–Crippen MR) is 97.4 cm³/mol. The second-order valence-electron chi connectivity index (χ2n) is 7.02. The van der Waals surface area contributed by atoms with Crippen LogP contribution in [0.25, 0.3) is 0 Å². The molecule has 2 unspecified atom stereocenters. The smallest absolute Gasteiger partial charge is 0.175 e. The number of rotatable bonds is 6. The Hall–Kier alpha value is -2.08. The molecule has 0 radical (unpaired) electrons. The first-order chi connectivity index (χ1) is 12.4. The molecule has 1 saturated heterocycles. The van der Waals surface area contributed by atoms with E-state index in [-0.39, 0.29) is 0 Å². The lowest BCUT2D eigenvalue weighted by atomic mass is 10.0. The average molecular weight is 338 g/mol. The van der Waals surface area contributed by atoms with E-state index in [9.17, 15) is 0 Å². The van der Waals surface area contributed by atoms with E-state index in [4.69, 9.17) is 4.99 Å². The summed E-state index contributed by atoms with van der Waals surface area (Å²) in [5, 5.41) is 12.6. The van der Waals surface area contributed by atoms with E-state index in [1.807, 2.05) is 10.7 Å². The number of benzene rings is 1.